The highest BCUT2D eigenvalue weighted by Crippen LogP contribution is 2.39. The van der Waals surface area contributed by atoms with Crippen LogP contribution < -0.4 is 38.1 Å². The van der Waals surface area contributed by atoms with E-state index in [0.717, 1.165) is 25.0 Å². The molecule has 0 saturated carbocycles. The Bertz CT molecular complexity index is 1080. The van der Waals surface area contributed by atoms with Crippen molar-refractivity contribution >= 4 is 57.1 Å². The summed E-state index contributed by atoms with van der Waals surface area (Å²) >= 11 is 0. The predicted molar refractivity (Wildman–Crippen MR) is 190 cm³/mol. The van der Waals surface area contributed by atoms with Crippen molar-refractivity contribution in [3.8, 4) is 0 Å². The molecule has 1 aliphatic heterocycles. The number of hydrogen-bond acceptors (Lipinski definition) is 13. The molecule has 0 aromatic rings. The molecule has 0 radical (unpaired) electrons. The van der Waals surface area contributed by atoms with Gasteiger partial charge in [0, 0.05) is 17.4 Å². The Kier molecular flexibility index (Phi) is 22.9. The molecule has 1 saturated heterocycles. The fraction of sp³-hybridized carbons (Fsp3) is 0.806. The van der Waals surface area contributed by atoms with E-state index in [9.17, 15) is 49.2 Å². The Hall–Kier alpha value is -2.68. The molecule has 17 nitrogen and oxygen atoms in total. The fourth-order valence-corrected chi connectivity index (χ4v) is 8.07. The number of aliphatic hydroxyl groups excluding tert-OH is 3. The van der Waals surface area contributed by atoms with E-state index in [1.807, 2.05) is 21.6 Å². The van der Waals surface area contributed by atoms with Gasteiger partial charge in [0.05, 0.1) is 18.8 Å². The Morgan fingerprint density at radius 1 is 0.700 bits per heavy atom. The second-order valence-electron chi connectivity index (χ2n) is 12.4. The first kappa shape index (κ1) is 45.3. The minimum atomic E-state index is -1.67. The molecule has 1 heterocycles. The summed E-state index contributed by atoms with van der Waals surface area (Å²) in [6, 6.07) is -7.24. The van der Waals surface area contributed by atoms with Crippen molar-refractivity contribution in [2.24, 2.45) is 11.5 Å². The Morgan fingerprint density at radius 3 is 1.68 bits per heavy atom. The first-order valence-electron chi connectivity index (χ1n) is 17.1. The van der Waals surface area contributed by atoms with Gasteiger partial charge in [0.25, 0.3) is 0 Å². The molecule has 288 valence electrons. The van der Waals surface area contributed by atoms with Crippen LogP contribution in [0.2, 0.25) is 0 Å². The lowest BCUT2D eigenvalue weighted by atomic mass is 10.0. The van der Waals surface area contributed by atoms with Crippen molar-refractivity contribution in [2.75, 3.05) is 25.4 Å². The molecule has 0 aromatic carbocycles. The van der Waals surface area contributed by atoms with E-state index in [-0.39, 0.29) is 31.7 Å². The third-order valence-electron chi connectivity index (χ3n) is 8.01. The van der Waals surface area contributed by atoms with Crippen LogP contribution in [0.5, 0.6) is 0 Å². The molecule has 0 aromatic heterocycles. The number of carboxylic acid groups (broad SMARTS) is 1. The van der Waals surface area contributed by atoms with Gasteiger partial charge in [-0.1, -0.05) is 28.0 Å². The normalized spacial score (nSPS) is 18.4. The molecule has 13 N–H and O–H groups in total. The lowest BCUT2D eigenvalue weighted by molar-refractivity contribution is -0.143. The highest BCUT2D eigenvalue weighted by Gasteiger charge is 2.35. The maximum Gasteiger partial charge on any atom is 0.328 e. The number of nitrogens with one attached hydrogen (secondary N) is 5. The second kappa shape index (κ2) is 25.3. The zero-order valence-electron chi connectivity index (χ0n) is 28.9. The number of carbonyl (C=O) groups is 6. The standard InChI is InChI=1S/C31H57N7O10S2/c1-18(40)25(29(45)35-22(11-6-8-15-33)27(43)36-23(17-39)31(47)48)38-30(46)26(19(2)41)37-28(44)21(10-5-7-14-32)34-24(42)12-4-3-9-20-13-16-49-50-20/h18-23,25-26,39-41H,3-17,32-33H2,1-2H3,(H,34,42)(H,35,45)(H,36,43)(H,37,44)(H,38,46)(H,47,48)/t18-,19-,20+,21+,22+,23+,25+,26+/m1/s1. The van der Waals surface area contributed by atoms with Crippen LogP contribution in [0.15, 0.2) is 0 Å². The topological polar surface area (TPSA) is 296 Å². The zero-order valence-corrected chi connectivity index (χ0v) is 30.6. The summed E-state index contributed by atoms with van der Waals surface area (Å²) in [5, 5.41) is 51.9. The average molecular weight is 752 g/mol. The maximum absolute atomic E-state index is 13.4. The smallest absolute Gasteiger partial charge is 0.328 e. The van der Waals surface area contributed by atoms with E-state index in [2.05, 4.69) is 26.6 Å². The van der Waals surface area contributed by atoms with Crippen LogP contribution in [0.1, 0.15) is 84.5 Å². The number of carboxylic acids is 1. The summed E-state index contributed by atoms with van der Waals surface area (Å²) in [6.07, 6.45) is 3.11. The molecule has 0 aliphatic carbocycles. The summed E-state index contributed by atoms with van der Waals surface area (Å²) in [4.78, 5) is 76.9. The van der Waals surface area contributed by atoms with Crippen molar-refractivity contribution < 1.29 is 49.2 Å². The van der Waals surface area contributed by atoms with Gasteiger partial charge in [-0.05, 0) is 84.7 Å². The number of unbranched alkanes of at least 4 members (excludes halogenated alkanes) is 3. The van der Waals surface area contributed by atoms with Crippen LogP contribution in [-0.4, -0.2) is 129 Å². The van der Waals surface area contributed by atoms with Crippen LogP contribution in [0.25, 0.3) is 0 Å². The highest BCUT2D eigenvalue weighted by molar-refractivity contribution is 8.77. The highest BCUT2D eigenvalue weighted by atomic mass is 33.1. The third kappa shape index (κ3) is 17.5. The fourth-order valence-electron chi connectivity index (χ4n) is 5.04. The second-order valence-corrected chi connectivity index (χ2v) is 15.1. The predicted octanol–water partition coefficient (Wildman–Crippen LogP) is -1.78. The van der Waals surface area contributed by atoms with E-state index in [0.29, 0.717) is 43.9 Å². The van der Waals surface area contributed by atoms with Crippen LogP contribution in [-0.2, 0) is 28.8 Å². The van der Waals surface area contributed by atoms with Crippen molar-refractivity contribution in [1.29, 1.82) is 0 Å². The van der Waals surface area contributed by atoms with Gasteiger partial charge in [0.1, 0.15) is 30.2 Å². The molecule has 0 unspecified atom stereocenters. The molecule has 19 heteroatoms. The molecule has 1 rings (SSSR count). The van der Waals surface area contributed by atoms with E-state index in [4.69, 9.17) is 11.5 Å². The van der Waals surface area contributed by atoms with Crippen LogP contribution in [0, 0.1) is 0 Å². The molecule has 1 fully saturated rings. The SMILES string of the molecule is C[C@@H](O)[C@H](NC(=O)[C@H](CCCCN)NC(=O)CCCC[C@H]1CCSS1)C(=O)N[C@H](C(=O)N[C@@H](CCCCN)C(=O)N[C@@H](CO)C(=O)O)[C@@H](C)O. The molecule has 8 atom stereocenters. The van der Waals surface area contributed by atoms with Gasteiger partial charge >= 0.3 is 5.97 Å². The maximum atomic E-state index is 13.4. The number of aliphatic hydroxyl groups is 3. The van der Waals surface area contributed by atoms with Crippen molar-refractivity contribution in [3.05, 3.63) is 0 Å². The minimum Gasteiger partial charge on any atom is -0.480 e. The molecular formula is C31H57N7O10S2. The number of carbonyl (C=O) groups excluding carboxylic acids is 5. The third-order valence-corrected chi connectivity index (χ3v) is 11.0. The molecule has 50 heavy (non-hydrogen) atoms. The lowest BCUT2D eigenvalue weighted by Crippen LogP contribution is -2.62. The van der Waals surface area contributed by atoms with Gasteiger partial charge in [0.2, 0.25) is 29.5 Å². The Balaban J connectivity index is 2.98. The van der Waals surface area contributed by atoms with Gasteiger partial charge in [-0.2, -0.15) is 0 Å². The summed E-state index contributed by atoms with van der Waals surface area (Å²) in [5.74, 6) is -4.38. The van der Waals surface area contributed by atoms with Crippen molar-refractivity contribution in [3.63, 3.8) is 0 Å². The summed E-state index contributed by atoms with van der Waals surface area (Å²) in [7, 11) is 3.73. The molecule has 0 bridgehead atoms. The van der Waals surface area contributed by atoms with Crippen molar-refractivity contribution in [2.45, 2.75) is 132 Å². The number of nitrogens with two attached hydrogens (primary N) is 2. The molecule has 1 aliphatic rings. The lowest BCUT2D eigenvalue weighted by Gasteiger charge is -2.29. The average Bonchev–Trinajstić information content (AvgIpc) is 3.59. The monoisotopic (exact) mass is 751 g/mol. The Labute approximate surface area is 301 Å². The summed E-state index contributed by atoms with van der Waals surface area (Å²) in [6.45, 7) is 2.19. The summed E-state index contributed by atoms with van der Waals surface area (Å²) in [5.41, 5.74) is 11.1. The van der Waals surface area contributed by atoms with E-state index < -0.39 is 78.6 Å². The number of hydrogen-bond donors (Lipinski definition) is 11. The largest absolute Gasteiger partial charge is 0.480 e. The quantitative estimate of drug-likeness (QED) is 0.0344. The summed E-state index contributed by atoms with van der Waals surface area (Å²) < 4.78 is 0. The van der Waals surface area contributed by atoms with Crippen molar-refractivity contribution in [1.82, 2.24) is 26.6 Å². The first-order chi connectivity index (χ1) is 23.7. The molecule has 5 amide bonds. The number of rotatable bonds is 26. The van der Waals surface area contributed by atoms with Crippen LogP contribution in [0.3, 0.4) is 0 Å². The van der Waals surface area contributed by atoms with Crippen LogP contribution >= 0.6 is 21.6 Å². The molecular weight excluding hydrogens is 695 g/mol. The zero-order chi connectivity index (χ0) is 37.6. The van der Waals surface area contributed by atoms with Gasteiger partial charge in [-0.15, -0.1) is 0 Å². The number of amides is 5. The van der Waals surface area contributed by atoms with Gasteiger partial charge in [-0.25, -0.2) is 4.79 Å². The number of aliphatic carboxylic acids is 1. The minimum absolute atomic E-state index is 0.0232. The Morgan fingerprint density at radius 2 is 1.20 bits per heavy atom. The van der Waals surface area contributed by atoms with Gasteiger partial charge in [0.15, 0.2) is 0 Å². The van der Waals surface area contributed by atoms with Gasteiger partial charge < -0.3 is 58.5 Å². The van der Waals surface area contributed by atoms with E-state index in [1.165, 1.54) is 13.8 Å². The van der Waals surface area contributed by atoms with E-state index in [1.54, 1.807) is 0 Å². The van der Waals surface area contributed by atoms with Crippen LogP contribution in [0.4, 0.5) is 0 Å². The van der Waals surface area contributed by atoms with E-state index >= 15 is 0 Å². The first-order valence-corrected chi connectivity index (χ1v) is 19.5. The molecule has 0 spiro atoms. The van der Waals surface area contributed by atoms with Gasteiger partial charge in [-0.3, -0.25) is 24.0 Å².